The number of rotatable bonds is 3. The highest BCUT2D eigenvalue weighted by atomic mass is 32.2. The Labute approximate surface area is 92.8 Å². The summed E-state index contributed by atoms with van der Waals surface area (Å²) in [4.78, 5) is 8.28. The quantitative estimate of drug-likeness (QED) is 0.487. The smallest absolute Gasteiger partial charge is 0.187 e. The standard InChI is InChI=1S/C11H11N3S/c12-10-4-2-9(3-5-10)8-15-11-13-6-1-7-14-11/h1-7H,8,12H2. The molecule has 1 heterocycles. The van der Waals surface area contributed by atoms with E-state index < -0.39 is 0 Å². The fraction of sp³-hybridized carbons (Fsp3) is 0.0909. The minimum atomic E-state index is 0.791. The number of nitrogens with zero attached hydrogens (tertiary/aromatic N) is 2. The number of benzene rings is 1. The van der Waals surface area contributed by atoms with Crippen molar-refractivity contribution < 1.29 is 0 Å². The molecule has 0 aliphatic rings. The van der Waals surface area contributed by atoms with Crippen molar-refractivity contribution >= 4 is 17.4 Å². The molecule has 1 aromatic heterocycles. The number of nitrogen functional groups attached to an aromatic ring is 1. The van der Waals surface area contributed by atoms with Gasteiger partial charge in [0.15, 0.2) is 5.16 Å². The normalized spacial score (nSPS) is 10.1. The number of thioether (sulfide) groups is 1. The van der Waals surface area contributed by atoms with Crippen molar-refractivity contribution in [1.82, 2.24) is 9.97 Å². The Morgan fingerprint density at radius 1 is 1.07 bits per heavy atom. The lowest BCUT2D eigenvalue weighted by Crippen LogP contribution is -1.87. The molecule has 0 unspecified atom stereocenters. The van der Waals surface area contributed by atoms with Gasteiger partial charge in [0.05, 0.1) is 0 Å². The first-order chi connectivity index (χ1) is 7.34. The van der Waals surface area contributed by atoms with Crippen LogP contribution in [0.2, 0.25) is 0 Å². The predicted octanol–water partition coefficient (Wildman–Crippen LogP) is 2.35. The van der Waals surface area contributed by atoms with Crippen LogP contribution in [-0.2, 0) is 5.75 Å². The Bertz CT molecular complexity index is 414. The van der Waals surface area contributed by atoms with Crippen molar-refractivity contribution in [3.05, 3.63) is 48.3 Å². The molecule has 15 heavy (non-hydrogen) atoms. The maximum absolute atomic E-state index is 5.60. The van der Waals surface area contributed by atoms with E-state index in [2.05, 4.69) is 9.97 Å². The van der Waals surface area contributed by atoms with Crippen molar-refractivity contribution in [2.75, 3.05) is 5.73 Å². The van der Waals surface area contributed by atoms with E-state index in [0.29, 0.717) is 0 Å². The fourth-order valence-electron chi connectivity index (χ4n) is 1.12. The van der Waals surface area contributed by atoms with Crippen LogP contribution in [0, 0.1) is 0 Å². The topological polar surface area (TPSA) is 51.8 Å². The third-order valence-corrected chi connectivity index (χ3v) is 2.84. The molecule has 0 aliphatic carbocycles. The third kappa shape index (κ3) is 2.95. The average Bonchev–Trinajstić information content (AvgIpc) is 2.30. The minimum absolute atomic E-state index is 0.791. The molecule has 0 amide bonds. The van der Waals surface area contributed by atoms with Gasteiger partial charge in [-0.15, -0.1) is 0 Å². The largest absolute Gasteiger partial charge is 0.399 e. The van der Waals surface area contributed by atoms with Crippen LogP contribution in [-0.4, -0.2) is 9.97 Å². The lowest BCUT2D eigenvalue weighted by Gasteiger charge is -2.00. The lowest BCUT2D eigenvalue weighted by molar-refractivity contribution is 0.966. The summed E-state index contributed by atoms with van der Waals surface area (Å²) < 4.78 is 0. The number of anilines is 1. The molecule has 3 nitrogen and oxygen atoms in total. The average molecular weight is 217 g/mol. The molecule has 0 bridgehead atoms. The lowest BCUT2D eigenvalue weighted by atomic mass is 10.2. The number of nitrogens with two attached hydrogens (primary N) is 1. The van der Waals surface area contributed by atoms with Gasteiger partial charge in [-0.3, -0.25) is 0 Å². The van der Waals surface area contributed by atoms with Crippen LogP contribution < -0.4 is 5.73 Å². The molecular formula is C11H11N3S. The molecule has 76 valence electrons. The Hall–Kier alpha value is -1.55. The summed E-state index contributed by atoms with van der Waals surface area (Å²) in [5, 5.41) is 0.800. The monoisotopic (exact) mass is 217 g/mol. The minimum Gasteiger partial charge on any atom is -0.399 e. The first-order valence-electron chi connectivity index (χ1n) is 4.59. The molecule has 0 fully saturated rings. The highest BCUT2D eigenvalue weighted by molar-refractivity contribution is 7.98. The van der Waals surface area contributed by atoms with E-state index in [1.807, 2.05) is 30.3 Å². The summed E-state index contributed by atoms with van der Waals surface area (Å²) >= 11 is 1.62. The summed E-state index contributed by atoms with van der Waals surface area (Å²) in [6, 6.07) is 9.66. The van der Waals surface area contributed by atoms with Gasteiger partial charge in [0.25, 0.3) is 0 Å². The van der Waals surface area contributed by atoms with Gasteiger partial charge in [0.2, 0.25) is 0 Å². The van der Waals surface area contributed by atoms with Gasteiger partial charge >= 0.3 is 0 Å². The predicted molar refractivity (Wildman–Crippen MR) is 62.4 cm³/mol. The van der Waals surface area contributed by atoms with Crippen LogP contribution in [0.15, 0.2) is 47.9 Å². The number of hydrogen-bond donors (Lipinski definition) is 1. The SMILES string of the molecule is Nc1ccc(CSc2ncccn2)cc1. The van der Waals surface area contributed by atoms with Gasteiger partial charge in [0.1, 0.15) is 0 Å². The third-order valence-electron chi connectivity index (χ3n) is 1.89. The maximum Gasteiger partial charge on any atom is 0.187 e. The van der Waals surface area contributed by atoms with Gasteiger partial charge in [-0.25, -0.2) is 9.97 Å². The van der Waals surface area contributed by atoms with Crippen molar-refractivity contribution in [2.24, 2.45) is 0 Å². The summed E-state index contributed by atoms with van der Waals surface area (Å²) in [7, 11) is 0. The summed E-state index contributed by atoms with van der Waals surface area (Å²) in [6.45, 7) is 0. The summed E-state index contributed by atoms with van der Waals surface area (Å²) in [6.07, 6.45) is 3.50. The Morgan fingerprint density at radius 2 is 1.73 bits per heavy atom. The molecule has 0 spiro atoms. The van der Waals surface area contributed by atoms with Crippen LogP contribution >= 0.6 is 11.8 Å². The van der Waals surface area contributed by atoms with Crippen molar-refractivity contribution in [2.45, 2.75) is 10.9 Å². The van der Waals surface area contributed by atoms with Crippen LogP contribution in [0.4, 0.5) is 5.69 Å². The highest BCUT2D eigenvalue weighted by Crippen LogP contribution is 2.18. The molecule has 0 radical (unpaired) electrons. The van der Waals surface area contributed by atoms with Gasteiger partial charge in [-0.1, -0.05) is 23.9 Å². The van der Waals surface area contributed by atoms with E-state index in [1.165, 1.54) is 5.56 Å². The van der Waals surface area contributed by atoms with Gasteiger partial charge < -0.3 is 5.73 Å². The Morgan fingerprint density at radius 3 is 2.40 bits per heavy atom. The van der Waals surface area contributed by atoms with Crippen LogP contribution in [0.5, 0.6) is 0 Å². The molecule has 2 N–H and O–H groups in total. The van der Waals surface area contributed by atoms with Crippen molar-refractivity contribution in [3.8, 4) is 0 Å². The van der Waals surface area contributed by atoms with Gasteiger partial charge in [0, 0.05) is 23.8 Å². The molecule has 2 aromatic rings. The first-order valence-corrected chi connectivity index (χ1v) is 5.57. The Balaban J connectivity index is 1.96. The van der Waals surface area contributed by atoms with Crippen molar-refractivity contribution in [3.63, 3.8) is 0 Å². The zero-order valence-corrected chi connectivity index (χ0v) is 8.95. The molecule has 4 heteroatoms. The Kier molecular flexibility index (Phi) is 3.19. The second kappa shape index (κ2) is 4.79. The van der Waals surface area contributed by atoms with Crippen LogP contribution in [0.1, 0.15) is 5.56 Å². The van der Waals surface area contributed by atoms with E-state index >= 15 is 0 Å². The first kappa shape index (κ1) is 9.98. The molecule has 0 saturated carbocycles. The van der Waals surface area contributed by atoms with Crippen molar-refractivity contribution in [1.29, 1.82) is 0 Å². The number of aromatic nitrogens is 2. The molecule has 1 aromatic carbocycles. The van der Waals surface area contributed by atoms with E-state index in [0.717, 1.165) is 16.6 Å². The second-order valence-electron chi connectivity index (χ2n) is 3.06. The van der Waals surface area contributed by atoms with Crippen LogP contribution in [0.3, 0.4) is 0 Å². The maximum atomic E-state index is 5.60. The summed E-state index contributed by atoms with van der Waals surface area (Å²) in [5.74, 6) is 0.865. The van der Waals surface area contributed by atoms with E-state index in [-0.39, 0.29) is 0 Å². The molecule has 0 aliphatic heterocycles. The zero-order chi connectivity index (χ0) is 10.5. The van der Waals surface area contributed by atoms with E-state index in [4.69, 9.17) is 5.73 Å². The molecular weight excluding hydrogens is 206 g/mol. The van der Waals surface area contributed by atoms with E-state index in [9.17, 15) is 0 Å². The zero-order valence-electron chi connectivity index (χ0n) is 8.13. The van der Waals surface area contributed by atoms with Gasteiger partial charge in [-0.05, 0) is 23.8 Å². The van der Waals surface area contributed by atoms with Crippen LogP contribution in [0.25, 0.3) is 0 Å². The highest BCUT2D eigenvalue weighted by Gasteiger charge is 1.97. The van der Waals surface area contributed by atoms with E-state index in [1.54, 1.807) is 24.2 Å². The molecule has 0 atom stereocenters. The fourth-order valence-corrected chi connectivity index (χ4v) is 1.88. The summed E-state index contributed by atoms with van der Waals surface area (Å²) in [5.41, 5.74) is 7.62. The number of hydrogen-bond acceptors (Lipinski definition) is 4. The molecule has 0 saturated heterocycles. The molecule has 2 rings (SSSR count). The van der Waals surface area contributed by atoms with Gasteiger partial charge in [-0.2, -0.15) is 0 Å². The second-order valence-corrected chi connectivity index (χ2v) is 4.00.